The van der Waals surface area contributed by atoms with Gasteiger partial charge in [0.25, 0.3) is 0 Å². The average molecular weight is 346 g/mol. The van der Waals surface area contributed by atoms with Crippen molar-refractivity contribution in [2.75, 3.05) is 0 Å². The minimum absolute atomic E-state index is 0.0484. The molecule has 2 rings (SSSR count). The Hall–Kier alpha value is -0.510. The third-order valence-electron chi connectivity index (χ3n) is 7.46. The van der Waals surface area contributed by atoms with Crippen molar-refractivity contribution < 1.29 is 0 Å². The van der Waals surface area contributed by atoms with Crippen molar-refractivity contribution in [2.24, 2.45) is 23.2 Å². The fourth-order valence-electron chi connectivity index (χ4n) is 5.78. The normalized spacial score (nSPS) is 27.6. The Kier molecular flexibility index (Phi) is 9.36. The molecule has 0 spiro atoms. The smallest absolute Gasteiger partial charge is 0.0689 e. The number of hydrogen-bond donors (Lipinski definition) is 0. The van der Waals surface area contributed by atoms with E-state index in [4.69, 9.17) is 0 Å². The number of unbranched alkanes of at least 4 members (excludes halogenated alkanes) is 1. The van der Waals surface area contributed by atoms with Gasteiger partial charge in [-0.2, -0.15) is 5.26 Å². The van der Waals surface area contributed by atoms with Crippen LogP contribution in [0.15, 0.2) is 0 Å². The van der Waals surface area contributed by atoms with Gasteiger partial charge in [0.05, 0.1) is 11.5 Å². The summed E-state index contributed by atoms with van der Waals surface area (Å²) >= 11 is 0. The first-order valence-electron chi connectivity index (χ1n) is 11.6. The second kappa shape index (κ2) is 11.3. The van der Waals surface area contributed by atoms with Crippen LogP contribution in [0.2, 0.25) is 0 Å². The van der Waals surface area contributed by atoms with E-state index in [1.54, 1.807) is 0 Å². The SMILES string of the molecule is CCCCC1CCC(C(CCC)CCCC2(C#N)CCCCC2)CC1. The van der Waals surface area contributed by atoms with Crippen molar-refractivity contribution in [1.29, 1.82) is 5.26 Å². The lowest BCUT2D eigenvalue weighted by atomic mass is 9.69. The Balaban J connectivity index is 1.76. The Morgan fingerprint density at radius 2 is 1.64 bits per heavy atom. The summed E-state index contributed by atoms with van der Waals surface area (Å²) in [4.78, 5) is 0. The van der Waals surface area contributed by atoms with Crippen LogP contribution in [0.3, 0.4) is 0 Å². The highest BCUT2D eigenvalue weighted by Crippen LogP contribution is 2.43. The summed E-state index contributed by atoms with van der Waals surface area (Å²) in [5.41, 5.74) is 0.0484. The molecule has 1 nitrogen and oxygen atoms in total. The van der Waals surface area contributed by atoms with Crippen molar-refractivity contribution in [2.45, 2.75) is 123 Å². The zero-order chi connectivity index (χ0) is 18.0. The maximum atomic E-state index is 9.71. The molecule has 0 aromatic heterocycles. The number of nitrogens with zero attached hydrogens (tertiary/aromatic N) is 1. The summed E-state index contributed by atoms with van der Waals surface area (Å²) in [7, 11) is 0. The first kappa shape index (κ1) is 20.8. The Morgan fingerprint density at radius 1 is 0.920 bits per heavy atom. The molecule has 2 aliphatic carbocycles. The Labute approximate surface area is 158 Å². The van der Waals surface area contributed by atoms with E-state index in [0.717, 1.165) is 17.8 Å². The van der Waals surface area contributed by atoms with E-state index >= 15 is 0 Å². The number of hydrogen-bond acceptors (Lipinski definition) is 1. The minimum atomic E-state index is 0.0484. The molecule has 144 valence electrons. The van der Waals surface area contributed by atoms with E-state index in [2.05, 4.69) is 19.9 Å². The molecule has 0 aliphatic heterocycles. The van der Waals surface area contributed by atoms with Gasteiger partial charge in [-0.05, 0) is 49.9 Å². The van der Waals surface area contributed by atoms with Crippen LogP contribution in [-0.4, -0.2) is 0 Å². The molecule has 1 atom stereocenters. The fourth-order valence-corrected chi connectivity index (χ4v) is 5.78. The molecule has 2 saturated carbocycles. The van der Waals surface area contributed by atoms with Crippen LogP contribution in [0, 0.1) is 34.5 Å². The molecular formula is C24H43N. The van der Waals surface area contributed by atoms with Crippen molar-refractivity contribution in [1.82, 2.24) is 0 Å². The maximum Gasteiger partial charge on any atom is 0.0689 e. The maximum absolute atomic E-state index is 9.71. The molecule has 0 amide bonds. The molecule has 1 unspecified atom stereocenters. The second-order valence-corrected chi connectivity index (χ2v) is 9.32. The molecular weight excluding hydrogens is 302 g/mol. The molecule has 0 bridgehead atoms. The van der Waals surface area contributed by atoms with Gasteiger partial charge in [0, 0.05) is 0 Å². The standard InChI is InChI=1S/C24H43N/c1-3-5-11-21-13-15-23(16-14-21)22(10-4-2)12-9-19-24(20-25)17-7-6-8-18-24/h21-23H,3-19H2,1-2H3. The van der Waals surface area contributed by atoms with Gasteiger partial charge in [0.15, 0.2) is 0 Å². The van der Waals surface area contributed by atoms with Crippen LogP contribution in [0.4, 0.5) is 0 Å². The highest BCUT2D eigenvalue weighted by Gasteiger charge is 2.32. The van der Waals surface area contributed by atoms with Gasteiger partial charge in [-0.1, -0.05) is 90.9 Å². The molecule has 0 aromatic carbocycles. The van der Waals surface area contributed by atoms with Gasteiger partial charge >= 0.3 is 0 Å². The third kappa shape index (κ3) is 6.62. The van der Waals surface area contributed by atoms with Crippen LogP contribution < -0.4 is 0 Å². The lowest BCUT2D eigenvalue weighted by Gasteiger charge is -2.35. The summed E-state index contributed by atoms with van der Waals surface area (Å²) in [6, 6.07) is 2.73. The summed E-state index contributed by atoms with van der Waals surface area (Å²) in [5, 5.41) is 9.71. The van der Waals surface area contributed by atoms with Gasteiger partial charge in [-0.25, -0.2) is 0 Å². The molecule has 0 heterocycles. The predicted octanol–water partition coefficient (Wildman–Crippen LogP) is 8.04. The number of rotatable bonds is 10. The van der Waals surface area contributed by atoms with Crippen molar-refractivity contribution in [3.8, 4) is 6.07 Å². The summed E-state index contributed by atoms with van der Waals surface area (Å²) in [6.07, 6.45) is 23.1. The average Bonchev–Trinajstić information content (AvgIpc) is 2.67. The zero-order valence-electron chi connectivity index (χ0n) is 17.2. The Morgan fingerprint density at radius 3 is 2.24 bits per heavy atom. The predicted molar refractivity (Wildman–Crippen MR) is 108 cm³/mol. The van der Waals surface area contributed by atoms with Crippen LogP contribution in [0.25, 0.3) is 0 Å². The molecule has 0 N–H and O–H groups in total. The van der Waals surface area contributed by atoms with Gasteiger partial charge in [0.2, 0.25) is 0 Å². The molecule has 0 aromatic rings. The molecule has 25 heavy (non-hydrogen) atoms. The van der Waals surface area contributed by atoms with Gasteiger partial charge in [-0.3, -0.25) is 0 Å². The third-order valence-corrected chi connectivity index (χ3v) is 7.46. The first-order chi connectivity index (χ1) is 12.2. The molecule has 1 heteroatoms. The van der Waals surface area contributed by atoms with E-state index in [1.165, 1.54) is 109 Å². The summed E-state index contributed by atoms with van der Waals surface area (Å²) in [6.45, 7) is 4.68. The van der Waals surface area contributed by atoms with Gasteiger partial charge in [-0.15, -0.1) is 0 Å². The van der Waals surface area contributed by atoms with Crippen LogP contribution in [-0.2, 0) is 0 Å². The van der Waals surface area contributed by atoms with Crippen LogP contribution in [0.5, 0.6) is 0 Å². The van der Waals surface area contributed by atoms with Crippen LogP contribution >= 0.6 is 0 Å². The van der Waals surface area contributed by atoms with E-state index in [9.17, 15) is 5.26 Å². The van der Waals surface area contributed by atoms with E-state index in [-0.39, 0.29) is 5.41 Å². The molecule has 0 radical (unpaired) electrons. The first-order valence-corrected chi connectivity index (χ1v) is 11.6. The second-order valence-electron chi connectivity index (χ2n) is 9.32. The number of nitriles is 1. The van der Waals surface area contributed by atoms with Crippen LogP contribution in [0.1, 0.15) is 123 Å². The topological polar surface area (TPSA) is 23.8 Å². The molecule has 2 aliphatic rings. The van der Waals surface area contributed by atoms with E-state index < -0.39 is 0 Å². The van der Waals surface area contributed by atoms with Crippen molar-refractivity contribution in [3.05, 3.63) is 0 Å². The minimum Gasteiger partial charge on any atom is -0.198 e. The highest BCUT2D eigenvalue weighted by atomic mass is 14.4. The summed E-state index contributed by atoms with van der Waals surface area (Å²) in [5.74, 6) is 2.96. The molecule has 0 saturated heterocycles. The zero-order valence-corrected chi connectivity index (χ0v) is 17.2. The monoisotopic (exact) mass is 345 g/mol. The quantitative estimate of drug-likeness (QED) is 0.393. The Bertz CT molecular complexity index is 379. The van der Waals surface area contributed by atoms with Crippen molar-refractivity contribution >= 4 is 0 Å². The molecule has 2 fully saturated rings. The largest absolute Gasteiger partial charge is 0.198 e. The van der Waals surface area contributed by atoms with Gasteiger partial charge in [0.1, 0.15) is 0 Å². The fraction of sp³-hybridized carbons (Fsp3) is 0.958. The highest BCUT2D eigenvalue weighted by molar-refractivity contribution is 5.00. The van der Waals surface area contributed by atoms with Crippen molar-refractivity contribution in [3.63, 3.8) is 0 Å². The lowest BCUT2D eigenvalue weighted by molar-refractivity contribution is 0.168. The summed E-state index contributed by atoms with van der Waals surface area (Å²) < 4.78 is 0. The van der Waals surface area contributed by atoms with E-state index in [0.29, 0.717) is 0 Å². The lowest BCUT2D eigenvalue weighted by Crippen LogP contribution is -2.24. The van der Waals surface area contributed by atoms with Gasteiger partial charge < -0.3 is 0 Å². The van der Waals surface area contributed by atoms with E-state index in [1.807, 2.05) is 0 Å².